The Morgan fingerprint density at radius 1 is 0.887 bits per heavy atom. The van der Waals surface area contributed by atoms with Gasteiger partial charge in [-0.1, -0.05) is 60.6 Å². The third-order valence-electron chi connectivity index (χ3n) is 10.2. The standard InChI is InChI=1S/C40H58N4O8S/c1-13-38(4,5)25-18-20-29(27(23-25)39(6,7)14-2)52-22-16-17-31(45)41-26-19-21-30(50-11)28(24-26)42-34(47)32(33(46)40(8,9)53-15-3)44-35(48)36(51-12)43(10)37(44)49/h18-21,23-24,32,36H,13-17,22H2,1-12H3,(H,41,45)(H,42,47). The third-order valence-corrected chi connectivity index (χ3v) is 11.4. The molecular formula is C40H58N4O8S. The highest BCUT2D eigenvalue weighted by atomic mass is 32.2. The fourth-order valence-electron chi connectivity index (χ4n) is 5.98. The molecule has 2 aromatic carbocycles. The van der Waals surface area contributed by atoms with Crippen LogP contribution in [0.5, 0.6) is 11.5 Å². The molecule has 13 heteroatoms. The van der Waals surface area contributed by atoms with E-state index in [0.717, 1.165) is 29.1 Å². The summed E-state index contributed by atoms with van der Waals surface area (Å²) in [7, 11) is 4.03. The number of carbonyl (C=O) groups excluding carboxylic acids is 5. The summed E-state index contributed by atoms with van der Waals surface area (Å²) in [6.07, 6.45) is 1.31. The van der Waals surface area contributed by atoms with Crippen LogP contribution < -0.4 is 20.1 Å². The van der Waals surface area contributed by atoms with Crippen LogP contribution in [0.3, 0.4) is 0 Å². The first-order chi connectivity index (χ1) is 24.8. The van der Waals surface area contributed by atoms with Gasteiger partial charge in [-0.05, 0) is 79.5 Å². The zero-order valence-corrected chi connectivity index (χ0v) is 34.2. The molecule has 0 spiro atoms. The second-order valence-corrected chi connectivity index (χ2v) is 16.9. The number of rotatable bonds is 19. The second kappa shape index (κ2) is 17.8. The smallest absolute Gasteiger partial charge is 0.330 e. The van der Waals surface area contributed by atoms with Crippen LogP contribution in [-0.4, -0.2) is 90.0 Å². The van der Waals surface area contributed by atoms with Crippen molar-refractivity contribution in [2.24, 2.45) is 0 Å². The second-order valence-electron chi connectivity index (χ2n) is 15.0. The number of benzene rings is 2. The average Bonchev–Trinajstić information content (AvgIpc) is 3.32. The van der Waals surface area contributed by atoms with Crippen molar-refractivity contribution in [2.45, 2.75) is 116 Å². The van der Waals surface area contributed by atoms with Gasteiger partial charge in [0.25, 0.3) is 11.8 Å². The molecule has 292 valence electrons. The van der Waals surface area contributed by atoms with E-state index in [-0.39, 0.29) is 34.6 Å². The van der Waals surface area contributed by atoms with Crippen molar-refractivity contribution in [3.8, 4) is 11.5 Å². The molecule has 2 N–H and O–H groups in total. The van der Waals surface area contributed by atoms with Gasteiger partial charge in [0, 0.05) is 31.8 Å². The minimum atomic E-state index is -1.80. The lowest BCUT2D eigenvalue weighted by Gasteiger charge is -2.31. The van der Waals surface area contributed by atoms with Crippen LogP contribution in [0.4, 0.5) is 16.2 Å². The first kappa shape index (κ1) is 43.3. The van der Waals surface area contributed by atoms with Gasteiger partial charge >= 0.3 is 6.03 Å². The summed E-state index contributed by atoms with van der Waals surface area (Å²) >= 11 is 1.29. The molecule has 0 aromatic heterocycles. The Labute approximate surface area is 319 Å². The predicted molar refractivity (Wildman–Crippen MR) is 210 cm³/mol. The van der Waals surface area contributed by atoms with Crippen LogP contribution in [0.1, 0.15) is 99.1 Å². The number of methoxy groups -OCH3 is 2. The maximum absolute atomic E-state index is 14.0. The summed E-state index contributed by atoms with van der Waals surface area (Å²) < 4.78 is 15.8. The molecule has 1 aliphatic heterocycles. The molecule has 1 heterocycles. The lowest BCUT2D eigenvalue weighted by atomic mass is 9.76. The number of ketones is 1. The minimum Gasteiger partial charge on any atom is -0.495 e. The summed E-state index contributed by atoms with van der Waals surface area (Å²) in [5.41, 5.74) is 2.87. The number of hydrogen-bond acceptors (Lipinski definition) is 9. The van der Waals surface area contributed by atoms with Crippen LogP contribution in [0.2, 0.25) is 0 Å². The number of amides is 5. The normalized spacial score (nSPS) is 15.7. The maximum Gasteiger partial charge on any atom is 0.330 e. The summed E-state index contributed by atoms with van der Waals surface area (Å²) in [6, 6.07) is 8.46. The molecule has 2 unspecified atom stereocenters. The highest BCUT2D eigenvalue weighted by Crippen LogP contribution is 2.39. The summed E-state index contributed by atoms with van der Waals surface area (Å²) in [6.45, 7) is 18.7. The van der Waals surface area contributed by atoms with Crippen LogP contribution in [0.25, 0.3) is 0 Å². The van der Waals surface area contributed by atoms with E-state index in [0.29, 0.717) is 29.4 Å². The van der Waals surface area contributed by atoms with Gasteiger partial charge in [0.05, 0.1) is 24.2 Å². The highest BCUT2D eigenvalue weighted by molar-refractivity contribution is 8.01. The van der Waals surface area contributed by atoms with Crippen molar-refractivity contribution in [1.29, 1.82) is 0 Å². The number of likely N-dealkylation sites (N-methyl/N-ethyl adjacent to an activating group) is 1. The van der Waals surface area contributed by atoms with Crippen molar-refractivity contribution in [3.63, 3.8) is 0 Å². The van der Waals surface area contributed by atoms with E-state index in [1.54, 1.807) is 26.0 Å². The molecule has 3 rings (SSSR count). The average molecular weight is 755 g/mol. The number of imide groups is 1. The van der Waals surface area contributed by atoms with Gasteiger partial charge in [-0.25, -0.2) is 9.69 Å². The van der Waals surface area contributed by atoms with Gasteiger partial charge in [-0.2, -0.15) is 0 Å². The highest BCUT2D eigenvalue weighted by Gasteiger charge is 2.53. The molecule has 1 fully saturated rings. The Morgan fingerprint density at radius 3 is 2.09 bits per heavy atom. The molecule has 1 aliphatic rings. The van der Waals surface area contributed by atoms with Crippen molar-refractivity contribution in [3.05, 3.63) is 47.5 Å². The van der Waals surface area contributed by atoms with Crippen LogP contribution in [0.15, 0.2) is 36.4 Å². The number of thioether (sulfide) groups is 1. The maximum atomic E-state index is 14.0. The van der Waals surface area contributed by atoms with Crippen molar-refractivity contribution >= 4 is 52.7 Å². The summed E-state index contributed by atoms with van der Waals surface area (Å²) in [5, 5.41) is 5.52. The van der Waals surface area contributed by atoms with Crippen LogP contribution in [0, 0.1) is 0 Å². The minimum absolute atomic E-state index is 0.0415. The first-order valence-electron chi connectivity index (χ1n) is 18.2. The molecule has 0 aliphatic carbocycles. The summed E-state index contributed by atoms with van der Waals surface area (Å²) in [4.78, 5) is 69.1. The van der Waals surface area contributed by atoms with Gasteiger partial charge < -0.3 is 24.8 Å². The SMILES string of the molecule is CCSC(C)(C)C(=O)C(C(=O)Nc1cc(NC(=O)CCCOc2ccc(C(C)(C)CC)cc2C(C)(C)CC)ccc1OC)N1C(=O)C(OC)N(C)C1=O. The van der Waals surface area contributed by atoms with E-state index in [1.807, 2.05) is 13.0 Å². The molecule has 53 heavy (non-hydrogen) atoms. The topological polar surface area (TPSA) is 144 Å². The molecule has 5 amide bonds. The Hall–Kier alpha value is -4.10. The quantitative estimate of drug-likeness (QED) is 0.0869. The van der Waals surface area contributed by atoms with Crippen molar-refractivity contribution < 1.29 is 38.2 Å². The third kappa shape index (κ3) is 9.91. The molecule has 0 saturated carbocycles. The Kier molecular flexibility index (Phi) is 14.6. The molecule has 1 saturated heterocycles. The zero-order chi connectivity index (χ0) is 39.9. The van der Waals surface area contributed by atoms with Crippen LogP contribution >= 0.6 is 11.8 Å². The van der Waals surface area contributed by atoms with E-state index in [9.17, 15) is 24.0 Å². The van der Waals surface area contributed by atoms with Gasteiger partial charge in [0.15, 0.2) is 11.8 Å². The molecular weight excluding hydrogens is 697 g/mol. The van der Waals surface area contributed by atoms with E-state index in [2.05, 4.69) is 64.3 Å². The number of urea groups is 1. The van der Waals surface area contributed by atoms with Gasteiger partial charge in [-0.15, -0.1) is 11.8 Å². The largest absolute Gasteiger partial charge is 0.495 e. The van der Waals surface area contributed by atoms with E-state index < -0.39 is 40.6 Å². The van der Waals surface area contributed by atoms with Gasteiger partial charge in [0.2, 0.25) is 12.1 Å². The first-order valence-corrected chi connectivity index (χ1v) is 19.2. The fraction of sp³-hybridized carbons (Fsp3) is 0.575. The van der Waals surface area contributed by atoms with Crippen molar-refractivity contribution in [1.82, 2.24) is 9.80 Å². The Bertz CT molecular complexity index is 1670. The number of Topliss-reactive ketones (excluding diaryl/α,β-unsaturated/α-hetero) is 1. The number of hydrogen-bond donors (Lipinski definition) is 2. The monoisotopic (exact) mass is 754 g/mol. The fourth-order valence-corrected chi connectivity index (χ4v) is 6.96. The summed E-state index contributed by atoms with van der Waals surface area (Å²) in [5.74, 6) is -1.03. The number of anilines is 2. The van der Waals surface area contributed by atoms with Gasteiger partial charge in [-0.3, -0.25) is 24.1 Å². The van der Waals surface area contributed by atoms with Gasteiger partial charge in [0.1, 0.15) is 11.5 Å². The Balaban J connectivity index is 1.77. The lowest BCUT2D eigenvalue weighted by Crippen LogP contribution is -2.57. The molecule has 2 aromatic rings. The van der Waals surface area contributed by atoms with E-state index >= 15 is 0 Å². The van der Waals surface area contributed by atoms with E-state index in [1.165, 1.54) is 44.7 Å². The molecule has 2 atom stereocenters. The zero-order valence-electron chi connectivity index (χ0n) is 33.4. The predicted octanol–water partition coefficient (Wildman–Crippen LogP) is 7.14. The molecule has 0 bridgehead atoms. The Morgan fingerprint density at radius 2 is 1.53 bits per heavy atom. The van der Waals surface area contributed by atoms with Crippen molar-refractivity contribution in [2.75, 3.05) is 44.3 Å². The molecule has 0 radical (unpaired) electrons. The van der Waals surface area contributed by atoms with Crippen LogP contribution in [-0.2, 0) is 34.7 Å². The number of nitrogens with zero attached hydrogens (tertiary/aromatic N) is 2. The number of ether oxygens (including phenoxy) is 3. The van der Waals surface area contributed by atoms with E-state index in [4.69, 9.17) is 14.2 Å². The number of carbonyl (C=O) groups is 5. The lowest BCUT2D eigenvalue weighted by molar-refractivity contribution is -0.146. The number of nitrogens with one attached hydrogen (secondary N) is 2. The molecule has 12 nitrogen and oxygen atoms in total.